The average molecular weight is 184 g/mol. The molecule has 1 aliphatic rings. The number of hydrogen-bond acceptors (Lipinski definition) is 2. The summed E-state index contributed by atoms with van der Waals surface area (Å²) in [4.78, 5) is 2.53. The SMILES string of the molecule is CCC1CN(C)C(C(C)CC)CN1. The molecule has 13 heavy (non-hydrogen) atoms. The highest BCUT2D eigenvalue weighted by Gasteiger charge is 2.26. The molecular weight excluding hydrogens is 160 g/mol. The fourth-order valence-electron chi connectivity index (χ4n) is 2.17. The van der Waals surface area contributed by atoms with Crippen molar-refractivity contribution in [2.75, 3.05) is 20.1 Å². The maximum atomic E-state index is 3.62. The molecule has 78 valence electrons. The van der Waals surface area contributed by atoms with Crippen LogP contribution in [0.1, 0.15) is 33.6 Å². The first-order chi connectivity index (χ1) is 6.19. The molecule has 0 radical (unpaired) electrons. The van der Waals surface area contributed by atoms with Crippen molar-refractivity contribution in [1.82, 2.24) is 10.2 Å². The molecule has 0 amide bonds. The number of hydrogen-bond donors (Lipinski definition) is 1. The van der Waals surface area contributed by atoms with E-state index in [1.54, 1.807) is 0 Å². The molecule has 1 heterocycles. The molecule has 0 saturated carbocycles. The lowest BCUT2D eigenvalue weighted by molar-refractivity contribution is 0.118. The van der Waals surface area contributed by atoms with Gasteiger partial charge in [-0.15, -0.1) is 0 Å². The second kappa shape index (κ2) is 4.97. The summed E-state index contributed by atoms with van der Waals surface area (Å²) in [5.74, 6) is 0.815. The van der Waals surface area contributed by atoms with Crippen molar-refractivity contribution in [3.63, 3.8) is 0 Å². The summed E-state index contributed by atoms with van der Waals surface area (Å²) in [6.07, 6.45) is 2.53. The zero-order chi connectivity index (χ0) is 9.84. The molecular formula is C11H24N2. The third-order valence-corrected chi connectivity index (χ3v) is 3.48. The third kappa shape index (κ3) is 2.68. The summed E-state index contributed by atoms with van der Waals surface area (Å²) in [6.45, 7) is 9.28. The first-order valence-electron chi connectivity index (χ1n) is 5.62. The van der Waals surface area contributed by atoms with Crippen LogP contribution in [-0.2, 0) is 0 Å². The van der Waals surface area contributed by atoms with Crippen LogP contribution in [0.2, 0.25) is 0 Å². The molecule has 0 bridgehead atoms. The van der Waals surface area contributed by atoms with Gasteiger partial charge < -0.3 is 10.2 Å². The van der Waals surface area contributed by atoms with Gasteiger partial charge in [-0.3, -0.25) is 0 Å². The van der Waals surface area contributed by atoms with Gasteiger partial charge in [0, 0.05) is 25.2 Å². The first kappa shape index (κ1) is 11.0. The van der Waals surface area contributed by atoms with E-state index >= 15 is 0 Å². The minimum atomic E-state index is 0.713. The number of nitrogens with zero attached hydrogens (tertiary/aromatic N) is 1. The summed E-state index contributed by atoms with van der Waals surface area (Å²) < 4.78 is 0. The summed E-state index contributed by atoms with van der Waals surface area (Å²) in [5, 5.41) is 3.62. The van der Waals surface area contributed by atoms with Gasteiger partial charge in [0.25, 0.3) is 0 Å². The molecule has 0 spiro atoms. The van der Waals surface area contributed by atoms with Gasteiger partial charge in [-0.2, -0.15) is 0 Å². The maximum Gasteiger partial charge on any atom is 0.0243 e. The lowest BCUT2D eigenvalue weighted by Gasteiger charge is -2.40. The summed E-state index contributed by atoms with van der Waals surface area (Å²) in [5.41, 5.74) is 0. The van der Waals surface area contributed by atoms with Gasteiger partial charge in [0.05, 0.1) is 0 Å². The van der Waals surface area contributed by atoms with Gasteiger partial charge >= 0.3 is 0 Å². The Morgan fingerprint density at radius 3 is 2.62 bits per heavy atom. The monoisotopic (exact) mass is 184 g/mol. The van der Waals surface area contributed by atoms with E-state index in [2.05, 4.69) is 38.0 Å². The van der Waals surface area contributed by atoms with Gasteiger partial charge in [0.15, 0.2) is 0 Å². The van der Waals surface area contributed by atoms with Gasteiger partial charge in [0.2, 0.25) is 0 Å². The van der Waals surface area contributed by atoms with Gasteiger partial charge in [0.1, 0.15) is 0 Å². The number of nitrogens with one attached hydrogen (secondary N) is 1. The number of rotatable bonds is 3. The van der Waals surface area contributed by atoms with Crippen LogP contribution in [0, 0.1) is 5.92 Å². The van der Waals surface area contributed by atoms with Crippen LogP contribution in [0.25, 0.3) is 0 Å². The lowest BCUT2D eigenvalue weighted by Crippen LogP contribution is -2.56. The molecule has 1 rings (SSSR count). The van der Waals surface area contributed by atoms with E-state index in [0.29, 0.717) is 6.04 Å². The Balaban J connectivity index is 2.43. The van der Waals surface area contributed by atoms with Crippen molar-refractivity contribution in [2.24, 2.45) is 5.92 Å². The Kier molecular flexibility index (Phi) is 4.20. The van der Waals surface area contributed by atoms with Crippen LogP contribution in [-0.4, -0.2) is 37.1 Å². The normalized spacial score (nSPS) is 33.2. The minimum Gasteiger partial charge on any atom is -0.311 e. The quantitative estimate of drug-likeness (QED) is 0.718. The van der Waals surface area contributed by atoms with Crippen LogP contribution >= 0.6 is 0 Å². The number of likely N-dealkylation sites (N-methyl/N-ethyl adjacent to an activating group) is 1. The van der Waals surface area contributed by atoms with Crippen molar-refractivity contribution in [3.8, 4) is 0 Å². The molecule has 1 N–H and O–H groups in total. The van der Waals surface area contributed by atoms with Crippen LogP contribution in [0.3, 0.4) is 0 Å². The largest absolute Gasteiger partial charge is 0.311 e. The van der Waals surface area contributed by atoms with E-state index in [0.717, 1.165) is 12.0 Å². The second-order valence-electron chi connectivity index (χ2n) is 4.41. The summed E-state index contributed by atoms with van der Waals surface area (Å²) >= 11 is 0. The lowest BCUT2D eigenvalue weighted by atomic mass is 9.95. The fraction of sp³-hybridized carbons (Fsp3) is 1.00. The molecule has 1 aliphatic heterocycles. The molecule has 0 aliphatic carbocycles. The highest BCUT2D eigenvalue weighted by molar-refractivity contribution is 4.85. The Morgan fingerprint density at radius 2 is 2.15 bits per heavy atom. The molecule has 1 fully saturated rings. The Morgan fingerprint density at radius 1 is 1.46 bits per heavy atom. The van der Waals surface area contributed by atoms with Crippen molar-refractivity contribution >= 4 is 0 Å². The predicted molar refractivity (Wildman–Crippen MR) is 58.0 cm³/mol. The van der Waals surface area contributed by atoms with Gasteiger partial charge in [-0.25, -0.2) is 0 Å². The Bertz CT molecular complexity index is 147. The third-order valence-electron chi connectivity index (χ3n) is 3.48. The summed E-state index contributed by atoms with van der Waals surface area (Å²) in [6, 6.07) is 1.46. The van der Waals surface area contributed by atoms with Crippen LogP contribution < -0.4 is 5.32 Å². The van der Waals surface area contributed by atoms with Crippen molar-refractivity contribution < 1.29 is 0 Å². The first-order valence-corrected chi connectivity index (χ1v) is 5.62. The molecule has 0 aromatic rings. The predicted octanol–water partition coefficient (Wildman–Crippen LogP) is 1.71. The smallest absolute Gasteiger partial charge is 0.0243 e. The van der Waals surface area contributed by atoms with E-state index in [1.807, 2.05) is 0 Å². The molecule has 1 saturated heterocycles. The van der Waals surface area contributed by atoms with Crippen molar-refractivity contribution in [3.05, 3.63) is 0 Å². The van der Waals surface area contributed by atoms with Crippen LogP contribution in [0.5, 0.6) is 0 Å². The molecule has 3 unspecified atom stereocenters. The fourth-order valence-corrected chi connectivity index (χ4v) is 2.17. The van der Waals surface area contributed by atoms with E-state index in [9.17, 15) is 0 Å². The summed E-state index contributed by atoms with van der Waals surface area (Å²) in [7, 11) is 2.26. The second-order valence-corrected chi connectivity index (χ2v) is 4.41. The molecule has 0 aromatic heterocycles. The van der Waals surface area contributed by atoms with E-state index < -0.39 is 0 Å². The molecule has 2 nitrogen and oxygen atoms in total. The van der Waals surface area contributed by atoms with Gasteiger partial charge in [-0.05, 0) is 19.4 Å². The van der Waals surface area contributed by atoms with E-state index in [1.165, 1.54) is 25.9 Å². The standard InChI is InChI=1S/C11H24N2/c1-5-9(3)11-7-12-10(6-2)8-13(11)4/h9-12H,5-8H2,1-4H3. The minimum absolute atomic E-state index is 0.713. The number of piperazine rings is 1. The zero-order valence-electron chi connectivity index (χ0n) is 9.51. The van der Waals surface area contributed by atoms with Gasteiger partial charge in [-0.1, -0.05) is 27.2 Å². The van der Waals surface area contributed by atoms with Crippen LogP contribution in [0.4, 0.5) is 0 Å². The average Bonchev–Trinajstić information content (AvgIpc) is 2.16. The molecule has 3 atom stereocenters. The maximum absolute atomic E-state index is 3.62. The topological polar surface area (TPSA) is 15.3 Å². The Labute approximate surface area is 82.7 Å². The highest BCUT2D eigenvalue weighted by Crippen LogP contribution is 2.16. The molecule has 2 heteroatoms. The van der Waals surface area contributed by atoms with E-state index in [4.69, 9.17) is 0 Å². The zero-order valence-corrected chi connectivity index (χ0v) is 9.51. The highest BCUT2D eigenvalue weighted by atomic mass is 15.2. The van der Waals surface area contributed by atoms with Crippen molar-refractivity contribution in [1.29, 1.82) is 0 Å². The van der Waals surface area contributed by atoms with E-state index in [-0.39, 0.29) is 0 Å². The Hall–Kier alpha value is -0.0800. The van der Waals surface area contributed by atoms with Crippen LogP contribution in [0.15, 0.2) is 0 Å². The molecule has 0 aromatic carbocycles. The van der Waals surface area contributed by atoms with Crippen molar-refractivity contribution in [2.45, 2.75) is 45.7 Å².